The van der Waals surface area contributed by atoms with Crippen molar-refractivity contribution in [3.05, 3.63) is 0 Å². The summed E-state index contributed by atoms with van der Waals surface area (Å²) < 4.78 is 9.95. The van der Waals surface area contributed by atoms with Crippen LogP contribution in [0.4, 0.5) is 0 Å². The van der Waals surface area contributed by atoms with Crippen molar-refractivity contribution in [2.24, 2.45) is 0 Å². The van der Waals surface area contributed by atoms with Gasteiger partial charge in [-0.05, 0) is 6.92 Å². The van der Waals surface area contributed by atoms with Crippen LogP contribution < -0.4 is 0 Å². The molecule has 0 fully saturated rings. The largest absolute Gasteiger partial charge is 0.356 e. The molecule has 0 atom stereocenters. The molecule has 0 aliphatic rings. The molecule has 0 aromatic rings. The van der Waals surface area contributed by atoms with Crippen LogP contribution in [0.5, 0.6) is 0 Å². The summed E-state index contributed by atoms with van der Waals surface area (Å²) in [6.07, 6.45) is 4.96. The quantitative estimate of drug-likeness (QED) is 0.463. The molecular formula is C11H12O2. The van der Waals surface area contributed by atoms with E-state index in [2.05, 4.69) is 29.6 Å². The molecule has 2 heteroatoms. The Bertz CT molecular complexity index is 264. The molecule has 68 valence electrons. The van der Waals surface area contributed by atoms with Gasteiger partial charge in [-0.2, -0.15) is 0 Å². The lowest BCUT2D eigenvalue weighted by atomic mass is 10.6. The van der Waals surface area contributed by atoms with Crippen molar-refractivity contribution in [1.82, 2.24) is 0 Å². The van der Waals surface area contributed by atoms with Crippen molar-refractivity contribution in [1.29, 1.82) is 0 Å². The van der Waals surface area contributed by atoms with Crippen LogP contribution in [0.3, 0.4) is 0 Å². The topological polar surface area (TPSA) is 18.5 Å². The second-order valence-corrected chi connectivity index (χ2v) is 1.97. The van der Waals surface area contributed by atoms with Crippen molar-refractivity contribution in [3.8, 4) is 36.0 Å². The van der Waals surface area contributed by atoms with Crippen LogP contribution >= 0.6 is 0 Å². The summed E-state index contributed by atoms with van der Waals surface area (Å²) in [6.45, 7) is 3.23. The first kappa shape index (κ1) is 11.6. The first-order valence-corrected chi connectivity index (χ1v) is 3.86. The molecule has 13 heavy (non-hydrogen) atoms. The average Bonchev–Trinajstić information content (AvgIpc) is 2.16. The first-order valence-electron chi connectivity index (χ1n) is 3.86. The van der Waals surface area contributed by atoms with Gasteiger partial charge in [0.1, 0.15) is 26.4 Å². The number of hydrogen-bond donors (Lipinski definition) is 0. The van der Waals surface area contributed by atoms with E-state index in [0.29, 0.717) is 26.4 Å². The summed E-state index contributed by atoms with van der Waals surface area (Å²) in [6, 6.07) is 0. The molecule has 0 N–H and O–H groups in total. The molecule has 0 aliphatic heterocycles. The minimum atomic E-state index is 0.302. The second-order valence-electron chi connectivity index (χ2n) is 1.97. The van der Waals surface area contributed by atoms with Crippen LogP contribution in [0.25, 0.3) is 0 Å². The van der Waals surface area contributed by atoms with Crippen LogP contribution in [-0.4, -0.2) is 26.4 Å². The Labute approximate surface area is 79.6 Å². The van der Waals surface area contributed by atoms with Gasteiger partial charge in [0.25, 0.3) is 0 Å². The fourth-order valence-corrected chi connectivity index (χ4v) is 0.488. The van der Waals surface area contributed by atoms with Gasteiger partial charge in [0.2, 0.25) is 0 Å². The summed E-state index contributed by atoms with van der Waals surface area (Å²) in [5.41, 5.74) is 0. The van der Waals surface area contributed by atoms with Crippen molar-refractivity contribution in [3.63, 3.8) is 0 Å². The Morgan fingerprint density at radius 2 is 1.46 bits per heavy atom. The lowest BCUT2D eigenvalue weighted by Gasteiger charge is -1.90. The van der Waals surface area contributed by atoms with Gasteiger partial charge in [0, 0.05) is 0 Å². The van der Waals surface area contributed by atoms with Gasteiger partial charge in [-0.25, -0.2) is 0 Å². The molecular weight excluding hydrogens is 164 g/mol. The highest BCUT2D eigenvalue weighted by molar-refractivity contribution is 5.01. The molecule has 0 saturated carbocycles. The van der Waals surface area contributed by atoms with Crippen molar-refractivity contribution in [2.45, 2.75) is 6.92 Å². The van der Waals surface area contributed by atoms with E-state index in [-0.39, 0.29) is 0 Å². The fraction of sp³-hybridized carbons (Fsp3) is 0.455. The van der Waals surface area contributed by atoms with Gasteiger partial charge >= 0.3 is 0 Å². The van der Waals surface area contributed by atoms with Gasteiger partial charge in [0.15, 0.2) is 0 Å². The third kappa shape index (κ3) is 10.6. The van der Waals surface area contributed by atoms with Gasteiger partial charge in [0.05, 0.1) is 0 Å². The SMILES string of the molecule is C#CCOCC#CCOCC#CC. The molecule has 0 aromatic heterocycles. The molecule has 2 nitrogen and oxygen atoms in total. The average molecular weight is 176 g/mol. The van der Waals surface area contributed by atoms with E-state index in [1.807, 2.05) is 0 Å². The lowest BCUT2D eigenvalue weighted by molar-refractivity contribution is 0.198. The summed E-state index contributed by atoms with van der Waals surface area (Å²) in [5, 5.41) is 0. The third-order valence-corrected chi connectivity index (χ3v) is 1.01. The van der Waals surface area contributed by atoms with E-state index in [1.54, 1.807) is 6.92 Å². The monoisotopic (exact) mass is 176 g/mol. The fourth-order valence-electron chi connectivity index (χ4n) is 0.488. The van der Waals surface area contributed by atoms with E-state index in [1.165, 1.54) is 0 Å². The minimum Gasteiger partial charge on any atom is -0.356 e. The van der Waals surface area contributed by atoms with E-state index in [0.717, 1.165) is 0 Å². The molecule has 0 heterocycles. The van der Waals surface area contributed by atoms with E-state index < -0.39 is 0 Å². The van der Waals surface area contributed by atoms with Crippen LogP contribution in [-0.2, 0) is 9.47 Å². The smallest absolute Gasteiger partial charge is 0.109 e. The Morgan fingerprint density at radius 3 is 2.00 bits per heavy atom. The van der Waals surface area contributed by atoms with Gasteiger partial charge in [-0.1, -0.05) is 23.7 Å². The third-order valence-electron chi connectivity index (χ3n) is 1.01. The van der Waals surface area contributed by atoms with E-state index >= 15 is 0 Å². The molecule has 0 spiro atoms. The van der Waals surface area contributed by atoms with Gasteiger partial charge in [-0.3, -0.25) is 0 Å². The molecule has 0 unspecified atom stereocenters. The number of rotatable bonds is 4. The number of ether oxygens (including phenoxy) is 2. The molecule has 0 radical (unpaired) electrons. The van der Waals surface area contributed by atoms with Crippen molar-refractivity contribution >= 4 is 0 Å². The standard InChI is InChI=1S/C11H12O2/c1-3-5-9-13-11-7-6-10-12-8-4-2/h2H,8-11H2,1H3. The van der Waals surface area contributed by atoms with Crippen LogP contribution in [0.15, 0.2) is 0 Å². The zero-order valence-corrected chi connectivity index (χ0v) is 7.72. The highest BCUT2D eigenvalue weighted by atomic mass is 16.5. The zero-order chi connectivity index (χ0) is 9.78. The maximum absolute atomic E-state index is 5.04. The lowest BCUT2D eigenvalue weighted by Crippen LogP contribution is -1.94. The molecule has 0 rings (SSSR count). The number of hydrogen-bond acceptors (Lipinski definition) is 2. The molecule has 0 aromatic carbocycles. The highest BCUT2D eigenvalue weighted by Crippen LogP contribution is 1.72. The van der Waals surface area contributed by atoms with E-state index in [4.69, 9.17) is 15.9 Å². The van der Waals surface area contributed by atoms with Crippen LogP contribution in [0.1, 0.15) is 6.92 Å². The Morgan fingerprint density at radius 1 is 0.923 bits per heavy atom. The predicted molar refractivity (Wildman–Crippen MR) is 51.7 cm³/mol. The van der Waals surface area contributed by atoms with Crippen molar-refractivity contribution in [2.75, 3.05) is 26.4 Å². The summed E-state index contributed by atoms with van der Waals surface area (Å²) in [4.78, 5) is 0. The van der Waals surface area contributed by atoms with Crippen molar-refractivity contribution < 1.29 is 9.47 Å². The first-order chi connectivity index (χ1) is 6.41. The molecule has 0 bridgehead atoms. The second kappa shape index (κ2) is 10.6. The normalized spacial score (nSPS) is 7.38. The summed E-state index contributed by atoms with van der Waals surface area (Å²) >= 11 is 0. The summed E-state index contributed by atoms with van der Waals surface area (Å²) in [7, 11) is 0. The molecule has 0 amide bonds. The summed E-state index contributed by atoms with van der Waals surface area (Å²) in [5.74, 6) is 13.4. The maximum atomic E-state index is 5.04. The van der Waals surface area contributed by atoms with Gasteiger partial charge < -0.3 is 9.47 Å². The Hall–Kier alpha value is -1.40. The zero-order valence-electron chi connectivity index (χ0n) is 7.72. The molecule has 0 aliphatic carbocycles. The van der Waals surface area contributed by atoms with Gasteiger partial charge in [-0.15, -0.1) is 12.3 Å². The number of terminal acetylenes is 1. The van der Waals surface area contributed by atoms with Crippen LogP contribution in [0.2, 0.25) is 0 Å². The Kier molecular flexibility index (Phi) is 9.46. The van der Waals surface area contributed by atoms with Crippen LogP contribution in [0, 0.1) is 36.0 Å². The minimum absolute atomic E-state index is 0.302. The Balaban J connectivity index is 3.19. The van der Waals surface area contributed by atoms with E-state index in [9.17, 15) is 0 Å². The maximum Gasteiger partial charge on any atom is 0.109 e. The predicted octanol–water partition coefficient (Wildman–Crippen LogP) is 0.679. The molecule has 0 saturated heterocycles. The highest BCUT2D eigenvalue weighted by Gasteiger charge is 1.77.